The molecule has 96 valence electrons. The van der Waals surface area contributed by atoms with Gasteiger partial charge in [0.05, 0.1) is 12.2 Å². The number of rotatable bonds is 5. The molecule has 1 unspecified atom stereocenters. The van der Waals surface area contributed by atoms with Crippen LogP contribution in [-0.2, 0) is 4.74 Å². The van der Waals surface area contributed by atoms with Crippen molar-refractivity contribution in [3.8, 4) is 0 Å². The minimum absolute atomic E-state index is 0.105. The van der Waals surface area contributed by atoms with Gasteiger partial charge < -0.3 is 9.84 Å². The van der Waals surface area contributed by atoms with Crippen LogP contribution in [0.5, 0.6) is 0 Å². The minimum atomic E-state index is -0.105. The average Bonchev–Trinajstić information content (AvgIpc) is 2.24. The highest BCUT2D eigenvalue weighted by Gasteiger charge is 2.15. The maximum absolute atomic E-state index is 9.48. The van der Waals surface area contributed by atoms with Crippen LogP contribution in [0.1, 0.15) is 44.2 Å². The van der Waals surface area contributed by atoms with Crippen LogP contribution in [-0.4, -0.2) is 23.9 Å². The molecule has 0 spiro atoms. The Hall–Kier alpha value is -0.860. The molecule has 1 aromatic carbocycles. The Morgan fingerprint density at radius 3 is 2.41 bits per heavy atom. The summed E-state index contributed by atoms with van der Waals surface area (Å²) in [5.74, 6) is 0.179. The van der Waals surface area contributed by atoms with Crippen molar-refractivity contribution in [1.29, 1.82) is 0 Å². The van der Waals surface area contributed by atoms with Crippen LogP contribution < -0.4 is 0 Å². The number of aliphatic hydroxyl groups is 1. The van der Waals surface area contributed by atoms with Crippen LogP contribution in [0.15, 0.2) is 24.3 Å². The summed E-state index contributed by atoms with van der Waals surface area (Å²) < 4.78 is 5.71. The van der Waals surface area contributed by atoms with E-state index in [1.54, 1.807) is 0 Å². The van der Waals surface area contributed by atoms with Crippen molar-refractivity contribution in [3.05, 3.63) is 35.4 Å². The van der Waals surface area contributed by atoms with Gasteiger partial charge in [-0.2, -0.15) is 0 Å². The zero-order valence-corrected chi connectivity index (χ0v) is 11.4. The zero-order valence-electron chi connectivity index (χ0n) is 11.4. The van der Waals surface area contributed by atoms with E-state index in [0.29, 0.717) is 6.61 Å². The van der Waals surface area contributed by atoms with E-state index >= 15 is 0 Å². The molecule has 0 heterocycles. The van der Waals surface area contributed by atoms with Gasteiger partial charge in [-0.05, 0) is 45.2 Å². The lowest BCUT2D eigenvalue weighted by atomic mass is 9.93. The first-order valence-corrected chi connectivity index (χ1v) is 6.24. The van der Waals surface area contributed by atoms with E-state index in [0.717, 1.165) is 6.42 Å². The van der Waals surface area contributed by atoms with Crippen molar-refractivity contribution in [2.45, 2.75) is 45.6 Å². The molecule has 1 aromatic rings. The number of ether oxygens (including phenoxy) is 1. The topological polar surface area (TPSA) is 29.5 Å². The fraction of sp³-hybridized carbons (Fsp3) is 0.600. The molecule has 0 aromatic heterocycles. The summed E-state index contributed by atoms with van der Waals surface area (Å²) in [6.45, 7) is 9.10. The average molecular weight is 236 g/mol. The molecule has 0 fully saturated rings. The molecule has 1 rings (SSSR count). The summed E-state index contributed by atoms with van der Waals surface area (Å²) in [6.07, 6.45) is 0.860. The molecule has 0 saturated carbocycles. The van der Waals surface area contributed by atoms with Crippen LogP contribution >= 0.6 is 0 Å². The molecule has 2 heteroatoms. The Kier molecular flexibility index (Phi) is 5.16. The summed E-state index contributed by atoms with van der Waals surface area (Å²) in [7, 11) is 0. The monoisotopic (exact) mass is 236 g/mol. The number of benzene rings is 1. The highest BCUT2D eigenvalue weighted by Crippen LogP contribution is 2.23. The first-order valence-electron chi connectivity index (χ1n) is 6.24. The Morgan fingerprint density at radius 2 is 1.88 bits per heavy atom. The van der Waals surface area contributed by atoms with Crippen LogP contribution in [0.2, 0.25) is 0 Å². The Labute approximate surface area is 105 Å². The van der Waals surface area contributed by atoms with Gasteiger partial charge in [-0.1, -0.05) is 24.3 Å². The van der Waals surface area contributed by atoms with Crippen LogP contribution in [0, 0.1) is 6.92 Å². The normalized spacial score (nSPS) is 13.7. The van der Waals surface area contributed by atoms with Gasteiger partial charge >= 0.3 is 0 Å². The molecule has 0 radical (unpaired) electrons. The summed E-state index contributed by atoms with van der Waals surface area (Å²) in [4.78, 5) is 0. The van der Waals surface area contributed by atoms with Gasteiger partial charge in [-0.25, -0.2) is 0 Å². The lowest BCUT2D eigenvalue weighted by molar-refractivity contribution is -0.00806. The van der Waals surface area contributed by atoms with Gasteiger partial charge in [0.2, 0.25) is 0 Å². The van der Waals surface area contributed by atoms with Crippen molar-refractivity contribution in [1.82, 2.24) is 0 Å². The van der Waals surface area contributed by atoms with Gasteiger partial charge in [0, 0.05) is 12.5 Å². The molecular weight excluding hydrogens is 212 g/mol. The lowest BCUT2D eigenvalue weighted by Gasteiger charge is -2.22. The van der Waals surface area contributed by atoms with E-state index in [1.807, 2.05) is 12.1 Å². The van der Waals surface area contributed by atoms with Gasteiger partial charge in [0.1, 0.15) is 0 Å². The van der Waals surface area contributed by atoms with Crippen LogP contribution in [0.4, 0.5) is 0 Å². The molecule has 0 aliphatic heterocycles. The first kappa shape index (κ1) is 14.2. The van der Waals surface area contributed by atoms with Crippen molar-refractivity contribution in [3.63, 3.8) is 0 Å². The van der Waals surface area contributed by atoms with E-state index in [9.17, 15) is 5.11 Å². The smallest absolute Gasteiger partial charge is 0.0598 e. The SMILES string of the molecule is Cc1ccccc1C(CO)CCOC(C)(C)C. The Bertz CT molecular complexity index is 339. The molecule has 1 atom stereocenters. The fourth-order valence-corrected chi connectivity index (χ4v) is 1.90. The second-order valence-electron chi connectivity index (χ2n) is 5.49. The lowest BCUT2D eigenvalue weighted by Crippen LogP contribution is -2.21. The van der Waals surface area contributed by atoms with Crippen LogP contribution in [0.25, 0.3) is 0 Å². The standard InChI is InChI=1S/C15H24O2/c1-12-7-5-6-8-14(12)13(11-16)9-10-17-15(2,3)4/h5-8,13,16H,9-11H2,1-4H3. The first-order chi connectivity index (χ1) is 7.94. The second kappa shape index (κ2) is 6.18. The maximum Gasteiger partial charge on any atom is 0.0598 e. The summed E-state index contributed by atoms with van der Waals surface area (Å²) in [5.41, 5.74) is 2.36. The molecule has 2 nitrogen and oxygen atoms in total. The van der Waals surface area contributed by atoms with E-state index in [-0.39, 0.29) is 18.1 Å². The molecule has 0 bridgehead atoms. The highest BCUT2D eigenvalue weighted by molar-refractivity contribution is 5.29. The molecule has 0 aliphatic carbocycles. The summed E-state index contributed by atoms with van der Waals surface area (Å²) >= 11 is 0. The van der Waals surface area contributed by atoms with Gasteiger partial charge in [-0.3, -0.25) is 0 Å². The summed E-state index contributed by atoms with van der Waals surface area (Å²) in [6, 6.07) is 8.23. The maximum atomic E-state index is 9.48. The molecule has 0 amide bonds. The van der Waals surface area contributed by atoms with Crippen molar-refractivity contribution in [2.24, 2.45) is 0 Å². The molecule has 1 N–H and O–H groups in total. The quantitative estimate of drug-likeness (QED) is 0.850. The molecule has 0 saturated heterocycles. The minimum Gasteiger partial charge on any atom is -0.396 e. The van der Waals surface area contributed by atoms with Crippen molar-refractivity contribution in [2.75, 3.05) is 13.2 Å². The number of hydrogen-bond donors (Lipinski definition) is 1. The van der Waals surface area contributed by atoms with Gasteiger partial charge in [0.25, 0.3) is 0 Å². The zero-order chi connectivity index (χ0) is 12.9. The largest absolute Gasteiger partial charge is 0.396 e. The van der Waals surface area contributed by atoms with Gasteiger partial charge in [0.15, 0.2) is 0 Å². The molecule has 0 aliphatic rings. The second-order valence-corrected chi connectivity index (χ2v) is 5.49. The van der Waals surface area contributed by atoms with E-state index in [4.69, 9.17) is 4.74 Å². The molecular formula is C15H24O2. The summed E-state index contributed by atoms with van der Waals surface area (Å²) in [5, 5.41) is 9.48. The van der Waals surface area contributed by atoms with Crippen LogP contribution in [0.3, 0.4) is 0 Å². The Balaban J connectivity index is 2.58. The highest BCUT2D eigenvalue weighted by atomic mass is 16.5. The number of aliphatic hydroxyl groups excluding tert-OH is 1. The van der Waals surface area contributed by atoms with E-state index < -0.39 is 0 Å². The third kappa shape index (κ3) is 4.88. The third-order valence-corrected chi connectivity index (χ3v) is 2.85. The van der Waals surface area contributed by atoms with E-state index in [2.05, 4.69) is 39.8 Å². The predicted octanol–water partition coefficient (Wildman–Crippen LogP) is 3.28. The molecule has 17 heavy (non-hydrogen) atoms. The Morgan fingerprint density at radius 1 is 1.24 bits per heavy atom. The number of hydrogen-bond acceptors (Lipinski definition) is 2. The number of aryl methyl sites for hydroxylation is 1. The van der Waals surface area contributed by atoms with Gasteiger partial charge in [-0.15, -0.1) is 0 Å². The van der Waals surface area contributed by atoms with Crippen molar-refractivity contribution < 1.29 is 9.84 Å². The third-order valence-electron chi connectivity index (χ3n) is 2.85. The fourth-order valence-electron chi connectivity index (χ4n) is 1.90. The predicted molar refractivity (Wildman–Crippen MR) is 71.3 cm³/mol. The van der Waals surface area contributed by atoms with E-state index in [1.165, 1.54) is 11.1 Å². The van der Waals surface area contributed by atoms with Crippen molar-refractivity contribution >= 4 is 0 Å².